The van der Waals surface area contributed by atoms with Crippen LogP contribution in [0, 0.1) is 23.7 Å². The maximum atomic E-state index is 13.6. The van der Waals surface area contributed by atoms with Crippen molar-refractivity contribution in [1.29, 1.82) is 0 Å². The zero-order chi connectivity index (χ0) is 24.2. The second-order valence-electron chi connectivity index (χ2n) is 11.9. The summed E-state index contributed by atoms with van der Waals surface area (Å²) in [7, 11) is 0. The van der Waals surface area contributed by atoms with Gasteiger partial charge in [0.2, 0.25) is 0 Å². The minimum absolute atomic E-state index is 0.0448. The smallest absolute Gasteiger partial charge is 0.308 e. The Balaban J connectivity index is 1.23. The number of pyridine rings is 1. The average molecular weight is 500 g/mol. The van der Waals surface area contributed by atoms with Crippen molar-refractivity contribution in [3.63, 3.8) is 0 Å². The van der Waals surface area contributed by atoms with E-state index < -0.39 is 11.6 Å². The topological polar surface area (TPSA) is 103 Å². The molecule has 2 heterocycles. The SMILES string of the molecule is O=C(NC1[C@@H]2CC3C[C@@H]1CC(O)(C3)C2)c1ccc(N2CCC(C(=O)O)C2)nc1SC1CCCCC1. The zero-order valence-electron chi connectivity index (χ0n) is 20.3. The van der Waals surface area contributed by atoms with E-state index in [9.17, 15) is 19.8 Å². The Labute approximate surface area is 211 Å². The van der Waals surface area contributed by atoms with Crippen LogP contribution in [0.5, 0.6) is 0 Å². The molecule has 35 heavy (non-hydrogen) atoms. The van der Waals surface area contributed by atoms with Crippen LogP contribution >= 0.6 is 11.8 Å². The molecule has 3 N–H and O–H groups in total. The molecule has 1 saturated heterocycles. The molecule has 7 nitrogen and oxygen atoms in total. The third kappa shape index (κ3) is 4.68. The van der Waals surface area contributed by atoms with Crippen molar-refractivity contribution in [3.05, 3.63) is 17.7 Å². The molecule has 7 rings (SSSR count). The number of amides is 1. The van der Waals surface area contributed by atoms with Crippen LogP contribution in [0.25, 0.3) is 0 Å². The second-order valence-corrected chi connectivity index (χ2v) is 13.2. The number of nitrogens with zero attached hydrogens (tertiary/aromatic N) is 2. The molecule has 0 spiro atoms. The molecule has 1 aromatic rings. The number of carbonyl (C=O) groups is 2. The number of hydrogen-bond donors (Lipinski definition) is 3. The number of carboxylic acids is 1. The molecule has 5 aliphatic carbocycles. The lowest BCUT2D eigenvalue weighted by molar-refractivity contribution is -0.141. The van der Waals surface area contributed by atoms with E-state index in [0.717, 1.165) is 55.8 Å². The Bertz CT molecular complexity index is 981. The van der Waals surface area contributed by atoms with Crippen molar-refractivity contribution in [2.24, 2.45) is 23.7 Å². The van der Waals surface area contributed by atoms with E-state index in [0.29, 0.717) is 48.1 Å². The number of carboxylic acid groups (broad SMARTS) is 1. The maximum Gasteiger partial charge on any atom is 0.308 e. The lowest BCUT2D eigenvalue weighted by Gasteiger charge is -2.58. The van der Waals surface area contributed by atoms with Crippen molar-refractivity contribution < 1.29 is 19.8 Å². The van der Waals surface area contributed by atoms with E-state index in [1.165, 1.54) is 19.3 Å². The minimum Gasteiger partial charge on any atom is -0.481 e. The standard InChI is InChI=1S/C27H37N3O4S/c31-24(29-23-18-10-16-11-19(23)14-27(34,12-16)13-18)21-6-7-22(30-9-8-17(15-30)26(32)33)28-25(21)35-20-4-2-1-3-5-20/h6-7,16-20,23,34H,1-5,8-15H2,(H,29,31)(H,32,33)/t16?,17?,18-,19-,23?,27?/m1/s1. The van der Waals surface area contributed by atoms with Crippen LogP contribution in [0.15, 0.2) is 17.2 Å². The van der Waals surface area contributed by atoms with Gasteiger partial charge >= 0.3 is 5.97 Å². The maximum absolute atomic E-state index is 13.6. The number of carbonyl (C=O) groups excluding carboxylic acids is 1. The minimum atomic E-state index is -0.749. The number of nitrogens with one attached hydrogen (secondary N) is 1. The van der Waals surface area contributed by atoms with Crippen LogP contribution in [-0.2, 0) is 4.79 Å². The summed E-state index contributed by atoms with van der Waals surface area (Å²) in [4.78, 5) is 32.1. The van der Waals surface area contributed by atoms with Crippen molar-refractivity contribution in [3.8, 4) is 0 Å². The highest BCUT2D eigenvalue weighted by atomic mass is 32.2. The third-order valence-corrected chi connectivity index (χ3v) is 10.7. The molecule has 1 aliphatic heterocycles. The fourth-order valence-corrected chi connectivity index (χ4v) is 9.15. The van der Waals surface area contributed by atoms with Gasteiger partial charge in [0.05, 0.1) is 17.1 Å². The summed E-state index contributed by atoms with van der Waals surface area (Å²) >= 11 is 1.73. The highest BCUT2D eigenvalue weighted by Gasteiger charge is 2.55. The Morgan fingerprint density at radius 2 is 1.80 bits per heavy atom. The fourth-order valence-electron chi connectivity index (χ4n) is 7.83. The van der Waals surface area contributed by atoms with Gasteiger partial charge in [0.25, 0.3) is 5.91 Å². The van der Waals surface area contributed by atoms with E-state index in [1.807, 2.05) is 17.0 Å². The van der Waals surface area contributed by atoms with Gasteiger partial charge in [0.15, 0.2) is 0 Å². The summed E-state index contributed by atoms with van der Waals surface area (Å²) in [6.45, 7) is 1.15. The molecule has 3 atom stereocenters. The van der Waals surface area contributed by atoms with Gasteiger partial charge in [-0.2, -0.15) is 0 Å². The number of rotatable bonds is 6. The van der Waals surface area contributed by atoms with Crippen LogP contribution < -0.4 is 10.2 Å². The molecule has 6 fully saturated rings. The quantitative estimate of drug-likeness (QED) is 0.542. The largest absolute Gasteiger partial charge is 0.481 e. The van der Waals surface area contributed by atoms with E-state index in [4.69, 9.17) is 4.98 Å². The number of thioether (sulfide) groups is 1. The predicted octanol–water partition coefficient (Wildman–Crippen LogP) is 4.09. The van der Waals surface area contributed by atoms with Gasteiger partial charge in [-0.1, -0.05) is 19.3 Å². The first-order valence-electron chi connectivity index (χ1n) is 13.6. The predicted molar refractivity (Wildman–Crippen MR) is 135 cm³/mol. The van der Waals surface area contributed by atoms with Crippen LogP contribution in [0.2, 0.25) is 0 Å². The molecule has 8 heteroatoms. The van der Waals surface area contributed by atoms with Gasteiger partial charge in [-0.15, -0.1) is 11.8 Å². The lowest BCUT2D eigenvalue weighted by atomic mass is 9.52. The number of aromatic nitrogens is 1. The Hall–Kier alpha value is -1.80. The van der Waals surface area contributed by atoms with Crippen molar-refractivity contribution in [1.82, 2.24) is 10.3 Å². The molecule has 0 aromatic carbocycles. The molecule has 0 radical (unpaired) electrons. The Morgan fingerprint density at radius 3 is 2.46 bits per heavy atom. The van der Waals surface area contributed by atoms with Crippen molar-refractivity contribution in [2.75, 3.05) is 18.0 Å². The Morgan fingerprint density at radius 1 is 1.06 bits per heavy atom. The second kappa shape index (κ2) is 9.25. The summed E-state index contributed by atoms with van der Waals surface area (Å²) < 4.78 is 0. The highest BCUT2D eigenvalue weighted by Crippen LogP contribution is 2.55. The molecule has 1 amide bonds. The van der Waals surface area contributed by atoms with E-state index in [1.54, 1.807) is 11.8 Å². The van der Waals surface area contributed by atoms with Gasteiger partial charge in [-0.25, -0.2) is 4.98 Å². The van der Waals surface area contributed by atoms with Crippen LogP contribution in [0.1, 0.15) is 81.0 Å². The first-order valence-corrected chi connectivity index (χ1v) is 14.4. The molecule has 1 aromatic heterocycles. The van der Waals surface area contributed by atoms with Crippen molar-refractivity contribution in [2.45, 2.75) is 92.5 Å². The summed E-state index contributed by atoms with van der Waals surface area (Å²) in [6.07, 6.45) is 11.4. The molecule has 4 bridgehead atoms. The monoisotopic (exact) mass is 499 g/mol. The van der Waals surface area contributed by atoms with E-state index in [2.05, 4.69) is 5.32 Å². The number of anilines is 1. The molecular weight excluding hydrogens is 462 g/mol. The highest BCUT2D eigenvalue weighted by molar-refractivity contribution is 7.99. The van der Waals surface area contributed by atoms with E-state index in [-0.39, 0.29) is 17.9 Å². The lowest BCUT2D eigenvalue weighted by Crippen LogP contribution is -2.61. The van der Waals surface area contributed by atoms with Gasteiger partial charge in [-0.3, -0.25) is 9.59 Å². The van der Waals surface area contributed by atoms with Gasteiger partial charge in [-0.05, 0) is 81.3 Å². The van der Waals surface area contributed by atoms with Crippen LogP contribution in [0.4, 0.5) is 5.82 Å². The molecular formula is C27H37N3O4S. The normalized spacial score (nSPS) is 36.5. The summed E-state index contributed by atoms with van der Waals surface area (Å²) in [6, 6.07) is 3.94. The van der Waals surface area contributed by atoms with Gasteiger partial charge in [0.1, 0.15) is 10.8 Å². The van der Waals surface area contributed by atoms with Crippen LogP contribution in [0.3, 0.4) is 0 Å². The molecule has 6 aliphatic rings. The number of aliphatic carboxylic acids is 1. The first-order chi connectivity index (χ1) is 16.9. The van der Waals surface area contributed by atoms with E-state index >= 15 is 0 Å². The van der Waals surface area contributed by atoms with Crippen LogP contribution in [-0.4, -0.2) is 57.1 Å². The number of aliphatic hydroxyl groups is 1. The zero-order valence-corrected chi connectivity index (χ0v) is 21.1. The molecule has 5 saturated carbocycles. The summed E-state index contributed by atoms with van der Waals surface area (Å²) in [5.74, 6) is 0.974. The third-order valence-electron chi connectivity index (χ3n) is 9.32. The molecule has 190 valence electrons. The van der Waals surface area contributed by atoms with Crippen molar-refractivity contribution >= 4 is 29.5 Å². The first kappa shape index (κ1) is 23.6. The Kier molecular flexibility index (Phi) is 6.24. The summed E-state index contributed by atoms with van der Waals surface area (Å²) in [5.41, 5.74) is 0.137. The number of hydrogen-bond acceptors (Lipinski definition) is 6. The summed E-state index contributed by atoms with van der Waals surface area (Å²) in [5, 5.41) is 25.0. The van der Waals surface area contributed by atoms with Gasteiger partial charge < -0.3 is 20.4 Å². The average Bonchev–Trinajstić information content (AvgIpc) is 3.32. The fraction of sp³-hybridized carbons (Fsp3) is 0.741. The van der Waals surface area contributed by atoms with Gasteiger partial charge in [0, 0.05) is 24.4 Å². The molecule has 1 unspecified atom stereocenters.